The highest BCUT2D eigenvalue weighted by atomic mass is 35.5. The normalized spacial score (nSPS) is 10.8. The lowest BCUT2D eigenvalue weighted by molar-refractivity contribution is 0.746. The van der Waals surface area contributed by atoms with Crippen molar-refractivity contribution in [2.24, 2.45) is 0 Å². The molecule has 0 unspecified atom stereocenters. The fraction of sp³-hybridized carbons (Fsp3) is 0.200. The Bertz CT molecular complexity index is 920. The fourth-order valence-electron chi connectivity index (χ4n) is 3.09. The molecule has 3 nitrogen and oxygen atoms in total. The molecule has 122 valence electrons. The van der Waals surface area contributed by atoms with E-state index in [1.165, 1.54) is 11.6 Å². The third-order valence-corrected chi connectivity index (χ3v) is 4.34. The number of nitrogens with zero attached hydrogens (tertiary/aromatic N) is 2. The largest absolute Gasteiger partial charge is 0.288 e. The van der Waals surface area contributed by atoms with Crippen molar-refractivity contribution in [1.82, 2.24) is 9.55 Å². The fourth-order valence-corrected chi connectivity index (χ4v) is 3.22. The van der Waals surface area contributed by atoms with Crippen molar-refractivity contribution in [2.75, 3.05) is 0 Å². The average Bonchev–Trinajstić information content (AvgIpc) is 2.51. The SMILES string of the molecule is Cc1cc(C)c(-c2nccc(=O)n2Cc2ccc(Cl)cc2)c(C)c1. The molecule has 0 atom stereocenters. The van der Waals surface area contributed by atoms with Crippen molar-refractivity contribution in [3.8, 4) is 11.4 Å². The summed E-state index contributed by atoms with van der Waals surface area (Å²) in [6, 6.07) is 13.3. The van der Waals surface area contributed by atoms with E-state index >= 15 is 0 Å². The van der Waals surface area contributed by atoms with Gasteiger partial charge in [0.1, 0.15) is 5.82 Å². The van der Waals surface area contributed by atoms with Crippen LogP contribution in [0, 0.1) is 20.8 Å². The summed E-state index contributed by atoms with van der Waals surface area (Å²) in [7, 11) is 0. The monoisotopic (exact) mass is 338 g/mol. The zero-order chi connectivity index (χ0) is 17.3. The summed E-state index contributed by atoms with van der Waals surface area (Å²) in [6.07, 6.45) is 1.58. The van der Waals surface area contributed by atoms with Crippen molar-refractivity contribution in [1.29, 1.82) is 0 Å². The van der Waals surface area contributed by atoms with Crippen LogP contribution in [0.1, 0.15) is 22.3 Å². The maximum absolute atomic E-state index is 12.5. The third kappa shape index (κ3) is 3.26. The van der Waals surface area contributed by atoms with Gasteiger partial charge in [-0.05, 0) is 49.6 Å². The average molecular weight is 339 g/mol. The third-order valence-electron chi connectivity index (χ3n) is 4.09. The number of aromatic nitrogens is 2. The van der Waals surface area contributed by atoms with Crippen LogP contribution in [0.5, 0.6) is 0 Å². The maximum atomic E-state index is 12.5. The molecule has 0 N–H and O–H groups in total. The van der Waals surface area contributed by atoms with E-state index in [0.29, 0.717) is 17.4 Å². The molecule has 0 fully saturated rings. The van der Waals surface area contributed by atoms with Crippen LogP contribution < -0.4 is 5.56 Å². The topological polar surface area (TPSA) is 34.9 Å². The summed E-state index contributed by atoms with van der Waals surface area (Å²) in [6.45, 7) is 6.65. The van der Waals surface area contributed by atoms with Gasteiger partial charge in [-0.25, -0.2) is 4.98 Å². The first-order valence-corrected chi connectivity index (χ1v) is 8.22. The molecule has 0 aliphatic rings. The van der Waals surface area contributed by atoms with E-state index in [0.717, 1.165) is 22.3 Å². The zero-order valence-electron chi connectivity index (χ0n) is 14.0. The Morgan fingerprint density at radius 3 is 2.25 bits per heavy atom. The van der Waals surface area contributed by atoms with Gasteiger partial charge in [-0.15, -0.1) is 0 Å². The number of halogens is 1. The molecule has 3 aromatic rings. The van der Waals surface area contributed by atoms with Crippen LogP contribution in [0.3, 0.4) is 0 Å². The first kappa shape index (κ1) is 16.5. The molecule has 0 aliphatic heterocycles. The van der Waals surface area contributed by atoms with E-state index < -0.39 is 0 Å². The zero-order valence-corrected chi connectivity index (χ0v) is 14.8. The van der Waals surface area contributed by atoms with E-state index in [-0.39, 0.29) is 5.56 Å². The Hall–Kier alpha value is -2.39. The number of hydrogen-bond donors (Lipinski definition) is 0. The highest BCUT2D eigenvalue weighted by molar-refractivity contribution is 6.30. The number of hydrogen-bond acceptors (Lipinski definition) is 2. The molecule has 0 saturated heterocycles. The summed E-state index contributed by atoms with van der Waals surface area (Å²) >= 11 is 5.95. The highest BCUT2D eigenvalue weighted by Gasteiger charge is 2.13. The van der Waals surface area contributed by atoms with Crippen LogP contribution in [0.2, 0.25) is 5.02 Å². The van der Waals surface area contributed by atoms with Crippen molar-refractivity contribution < 1.29 is 0 Å². The number of aryl methyl sites for hydroxylation is 3. The van der Waals surface area contributed by atoms with Gasteiger partial charge >= 0.3 is 0 Å². The molecule has 1 heterocycles. The van der Waals surface area contributed by atoms with Gasteiger partial charge in [0.05, 0.1) is 6.54 Å². The quantitative estimate of drug-likeness (QED) is 0.702. The van der Waals surface area contributed by atoms with E-state index in [4.69, 9.17) is 11.6 Å². The summed E-state index contributed by atoms with van der Waals surface area (Å²) in [4.78, 5) is 17.0. The molecule has 4 heteroatoms. The standard InChI is InChI=1S/C20H19ClN2O/c1-13-10-14(2)19(15(3)11-13)20-22-9-8-18(24)23(20)12-16-4-6-17(21)7-5-16/h4-11H,12H2,1-3H3. The van der Waals surface area contributed by atoms with E-state index in [1.54, 1.807) is 10.8 Å². The van der Waals surface area contributed by atoms with E-state index in [2.05, 4.69) is 37.9 Å². The van der Waals surface area contributed by atoms with Gasteiger partial charge in [0.2, 0.25) is 0 Å². The second kappa shape index (κ2) is 6.62. The summed E-state index contributed by atoms with van der Waals surface area (Å²) in [5.74, 6) is 0.701. The second-order valence-electron chi connectivity index (χ2n) is 6.09. The summed E-state index contributed by atoms with van der Waals surface area (Å²) in [5, 5.41) is 0.683. The molecule has 0 aliphatic carbocycles. The van der Waals surface area contributed by atoms with Gasteiger partial charge in [0, 0.05) is 22.8 Å². The van der Waals surface area contributed by atoms with Crippen LogP contribution >= 0.6 is 11.6 Å². The lowest BCUT2D eigenvalue weighted by Crippen LogP contribution is -2.23. The van der Waals surface area contributed by atoms with Crippen molar-refractivity contribution in [3.05, 3.63) is 86.3 Å². The Morgan fingerprint density at radius 1 is 1.00 bits per heavy atom. The molecule has 3 rings (SSSR count). The van der Waals surface area contributed by atoms with Crippen LogP contribution in [0.4, 0.5) is 0 Å². The molecule has 2 aromatic carbocycles. The van der Waals surface area contributed by atoms with Crippen LogP contribution in [-0.4, -0.2) is 9.55 Å². The van der Waals surface area contributed by atoms with E-state index in [9.17, 15) is 4.79 Å². The minimum Gasteiger partial charge on any atom is -0.288 e. The first-order chi connectivity index (χ1) is 11.5. The number of benzene rings is 2. The van der Waals surface area contributed by atoms with Crippen molar-refractivity contribution in [2.45, 2.75) is 27.3 Å². The lowest BCUT2D eigenvalue weighted by Gasteiger charge is -2.16. The smallest absolute Gasteiger partial charge is 0.254 e. The second-order valence-corrected chi connectivity index (χ2v) is 6.53. The van der Waals surface area contributed by atoms with Gasteiger partial charge in [-0.1, -0.05) is 41.4 Å². The van der Waals surface area contributed by atoms with Crippen LogP contribution in [0.25, 0.3) is 11.4 Å². The van der Waals surface area contributed by atoms with Crippen molar-refractivity contribution >= 4 is 11.6 Å². The molecular formula is C20H19ClN2O. The molecule has 1 aromatic heterocycles. The molecule has 0 amide bonds. The molecule has 24 heavy (non-hydrogen) atoms. The predicted octanol–water partition coefficient (Wildman–Crippen LogP) is 4.54. The lowest BCUT2D eigenvalue weighted by atomic mass is 9.99. The van der Waals surface area contributed by atoms with Gasteiger partial charge in [-0.3, -0.25) is 9.36 Å². The Morgan fingerprint density at radius 2 is 1.62 bits per heavy atom. The van der Waals surface area contributed by atoms with Gasteiger partial charge < -0.3 is 0 Å². The minimum atomic E-state index is -0.0608. The van der Waals surface area contributed by atoms with Gasteiger partial charge in [-0.2, -0.15) is 0 Å². The Labute approximate surface area is 146 Å². The summed E-state index contributed by atoms with van der Waals surface area (Å²) < 4.78 is 1.72. The molecule has 0 spiro atoms. The molecule has 0 saturated carbocycles. The van der Waals surface area contributed by atoms with Crippen LogP contribution in [0.15, 0.2) is 53.5 Å². The molecule has 0 radical (unpaired) electrons. The highest BCUT2D eigenvalue weighted by Crippen LogP contribution is 2.26. The Balaban J connectivity index is 2.15. The Kier molecular flexibility index (Phi) is 4.54. The molecule has 0 bridgehead atoms. The molecular weight excluding hydrogens is 320 g/mol. The number of rotatable bonds is 3. The van der Waals surface area contributed by atoms with E-state index in [1.807, 2.05) is 24.3 Å². The summed E-state index contributed by atoms with van der Waals surface area (Å²) in [5.41, 5.74) is 5.42. The first-order valence-electron chi connectivity index (χ1n) is 7.84. The van der Waals surface area contributed by atoms with Crippen molar-refractivity contribution in [3.63, 3.8) is 0 Å². The minimum absolute atomic E-state index is 0.0608. The maximum Gasteiger partial charge on any atom is 0.254 e. The van der Waals surface area contributed by atoms with Crippen LogP contribution in [-0.2, 0) is 6.54 Å². The predicted molar refractivity (Wildman–Crippen MR) is 98.7 cm³/mol. The van der Waals surface area contributed by atoms with Gasteiger partial charge in [0.25, 0.3) is 5.56 Å². The van der Waals surface area contributed by atoms with Gasteiger partial charge in [0.15, 0.2) is 0 Å².